The summed E-state index contributed by atoms with van der Waals surface area (Å²) >= 11 is 11.1. The van der Waals surface area contributed by atoms with Crippen LogP contribution in [0.2, 0.25) is 5.02 Å². The molecule has 0 aliphatic heterocycles. The molecule has 0 saturated heterocycles. The zero-order chi connectivity index (χ0) is 14.8. The number of benzene rings is 2. The first-order valence-corrected chi connectivity index (χ1v) is 8.72. The molecule has 3 aromatic rings. The normalized spacial score (nSPS) is 10.8. The third kappa shape index (κ3) is 3.03. The summed E-state index contributed by atoms with van der Waals surface area (Å²) in [7, 11) is 0. The Morgan fingerprint density at radius 1 is 1.05 bits per heavy atom. The summed E-state index contributed by atoms with van der Waals surface area (Å²) in [6.45, 7) is 0. The van der Waals surface area contributed by atoms with Crippen LogP contribution in [-0.4, -0.2) is 15.8 Å². The predicted octanol–water partition coefficient (Wildman–Crippen LogP) is 5.68. The Kier molecular flexibility index (Phi) is 4.38. The van der Waals surface area contributed by atoms with Crippen LogP contribution in [0, 0.1) is 0 Å². The fourth-order valence-corrected chi connectivity index (χ4v) is 3.08. The first-order valence-electron chi connectivity index (χ1n) is 6.32. The lowest BCUT2D eigenvalue weighted by Crippen LogP contribution is -1.98. The monoisotopic (exact) mass is 378 g/mol. The van der Waals surface area contributed by atoms with E-state index < -0.39 is 0 Å². The van der Waals surface area contributed by atoms with Crippen molar-refractivity contribution in [3.8, 4) is 16.9 Å². The van der Waals surface area contributed by atoms with Crippen LogP contribution in [0.1, 0.15) is 0 Å². The average Bonchev–Trinajstić information content (AvgIpc) is 2.93. The molecule has 106 valence electrons. The van der Waals surface area contributed by atoms with Crippen molar-refractivity contribution in [2.75, 3.05) is 6.26 Å². The van der Waals surface area contributed by atoms with E-state index in [1.54, 1.807) is 11.8 Å². The van der Waals surface area contributed by atoms with Crippen LogP contribution in [0.3, 0.4) is 0 Å². The number of hydrogen-bond acceptors (Lipinski definition) is 2. The first kappa shape index (κ1) is 14.7. The maximum absolute atomic E-state index is 5.99. The molecule has 3 rings (SSSR count). The van der Waals surface area contributed by atoms with Crippen molar-refractivity contribution in [1.82, 2.24) is 9.55 Å². The molecule has 0 fully saturated rings. The Morgan fingerprint density at radius 2 is 1.71 bits per heavy atom. The van der Waals surface area contributed by atoms with Crippen molar-refractivity contribution in [2.45, 2.75) is 5.16 Å². The fourth-order valence-electron chi connectivity index (χ4n) is 2.14. The molecule has 2 nitrogen and oxygen atoms in total. The third-order valence-electron chi connectivity index (χ3n) is 3.14. The number of imidazole rings is 1. The number of nitrogens with zero attached hydrogens (tertiary/aromatic N) is 2. The van der Waals surface area contributed by atoms with Gasteiger partial charge in [-0.25, -0.2) is 4.98 Å². The molecule has 0 radical (unpaired) electrons. The van der Waals surface area contributed by atoms with Gasteiger partial charge in [0.2, 0.25) is 0 Å². The topological polar surface area (TPSA) is 17.8 Å². The van der Waals surface area contributed by atoms with Crippen LogP contribution in [0.15, 0.2) is 64.4 Å². The van der Waals surface area contributed by atoms with E-state index in [0.29, 0.717) is 0 Å². The van der Waals surface area contributed by atoms with Gasteiger partial charge in [0.15, 0.2) is 5.16 Å². The second kappa shape index (κ2) is 6.26. The molecule has 0 aliphatic rings. The molecule has 0 aliphatic carbocycles. The van der Waals surface area contributed by atoms with E-state index in [9.17, 15) is 0 Å². The first-order chi connectivity index (χ1) is 10.2. The molecule has 0 spiro atoms. The maximum Gasteiger partial charge on any atom is 0.172 e. The minimum Gasteiger partial charge on any atom is -0.287 e. The summed E-state index contributed by atoms with van der Waals surface area (Å²) in [6.07, 6.45) is 3.93. The summed E-state index contributed by atoms with van der Waals surface area (Å²) in [5, 5.41) is 1.69. The van der Waals surface area contributed by atoms with Gasteiger partial charge in [-0.1, -0.05) is 51.4 Å². The average molecular weight is 380 g/mol. The molecule has 0 saturated carbocycles. The highest BCUT2D eigenvalue weighted by atomic mass is 79.9. The Hall–Kier alpha value is -1.23. The molecule has 1 aromatic heterocycles. The van der Waals surface area contributed by atoms with Crippen molar-refractivity contribution in [2.24, 2.45) is 0 Å². The van der Waals surface area contributed by atoms with Gasteiger partial charge < -0.3 is 0 Å². The molecular weight excluding hydrogens is 368 g/mol. The molecule has 5 heteroatoms. The van der Waals surface area contributed by atoms with E-state index >= 15 is 0 Å². The van der Waals surface area contributed by atoms with Gasteiger partial charge in [-0.05, 0) is 42.7 Å². The molecule has 0 unspecified atom stereocenters. The highest BCUT2D eigenvalue weighted by Gasteiger charge is 2.12. The summed E-state index contributed by atoms with van der Waals surface area (Å²) < 4.78 is 3.21. The van der Waals surface area contributed by atoms with Crippen LogP contribution < -0.4 is 0 Å². The molecule has 0 N–H and O–H groups in total. The van der Waals surface area contributed by atoms with Crippen molar-refractivity contribution >= 4 is 39.3 Å². The van der Waals surface area contributed by atoms with Gasteiger partial charge in [0.25, 0.3) is 0 Å². The highest BCUT2D eigenvalue weighted by molar-refractivity contribution is 9.10. The smallest absolute Gasteiger partial charge is 0.172 e. The lowest BCUT2D eigenvalue weighted by Gasteiger charge is -2.11. The molecular formula is C16H12BrClN2S. The van der Waals surface area contributed by atoms with Crippen LogP contribution in [0.25, 0.3) is 16.9 Å². The molecule has 2 aromatic carbocycles. The fraction of sp³-hybridized carbons (Fsp3) is 0.0625. The van der Waals surface area contributed by atoms with Gasteiger partial charge in [0.1, 0.15) is 0 Å². The minimum atomic E-state index is 0.731. The second-order valence-electron chi connectivity index (χ2n) is 4.45. The highest BCUT2D eigenvalue weighted by Crippen LogP contribution is 2.30. The molecule has 0 amide bonds. The summed E-state index contributed by atoms with van der Waals surface area (Å²) in [6, 6.07) is 16.0. The van der Waals surface area contributed by atoms with E-state index in [2.05, 4.69) is 37.6 Å². The predicted molar refractivity (Wildman–Crippen MR) is 93.5 cm³/mol. The Labute approximate surface area is 141 Å². The Balaban J connectivity index is 2.16. The summed E-state index contributed by atoms with van der Waals surface area (Å²) in [5.74, 6) is 0. The van der Waals surface area contributed by atoms with Gasteiger partial charge in [-0.3, -0.25) is 4.57 Å². The van der Waals surface area contributed by atoms with E-state index in [1.807, 2.05) is 48.9 Å². The quantitative estimate of drug-likeness (QED) is 0.545. The van der Waals surface area contributed by atoms with Crippen molar-refractivity contribution < 1.29 is 0 Å². The molecule has 21 heavy (non-hydrogen) atoms. The van der Waals surface area contributed by atoms with E-state index in [-0.39, 0.29) is 0 Å². The van der Waals surface area contributed by atoms with Crippen LogP contribution in [-0.2, 0) is 0 Å². The van der Waals surface area contributed by atoms with Crippen LogP contribution in [0.5, 0.6) is 0 Å². The number of halogens is 2. The largest absolute Gasteiger partial charge is 0.287 e. The number of thioether (sulfide) groups is 1. The van der Waals surface area contributed by atoms with Gasteiger partial charge >= 0.3 is 0 Å². The maximum atomic E-state index is 5.99. The number of rotatable bonds is 3. The summed E-state index contributed by atoms with van der Waals surface area (Å²) in [5.41, 5.74) is 3.24. The minimum absolute atomic E-state index is 0.731. The van der Waals surface area contributed by atoms with Gasteiger partial charge in [-0.15, -0.1) is 0 Å². The molecule has 0 atom stereocenters. The van der Waals surface area contributed by atoms with Gasteiger partial charge in [-0.2, -0.15) is 0 Å². The molecule has 0 bridgehead atoms. The number of aromatic nitrogens is 2. The van der Waals surface area contributed by atoms with E-state index in [0.717, 1.165) is 31.6 Å². The van der Waals surface area contributed by atoms with Crippen LogP contribution >= 0.6 is 39.3 Å². The third-order valence-corrected chi connectivity index (χ3v) is 4.57. The lowest BCUT2D eigenvalue weighted by molar-refractivity contribution is 0.903. The Morgan fingerprint density at radius 3 is 2.33 bits per heavy atom. The zero-order valence-electron chi connectivity index (χ0n) is 11.3. The molecule has 1 heterocycles. The van der Waals surface area contributed by atoms with Crippen molar-refractivity contribution in [1.29, 1.82) is 0 Å². The zero-order valence-corrected chi connectivity index (χ0v) is 14.4. The van der Waals surface area contributed by atoms with Crippen molar-refractivity contribution in [3.63, 3.8) is 0 Å². The Bertz CT molecular complexity index is 751. The SMILES string of the molecule is CSc1ncc(-c2ccc(Br)cc2)n1-c1ccc(Cl)cc1. The van der Waals surface area contributed by atoms with E-state index in [1.165, 1.54) is 0 Å². The van der Waals surface area contributed by atoms with E-state index in [4.69, 9.17) is 11.6 Å². The van der Waals surface area contributed by atoms with Gasteiger partial charge in [0.05, 0.1) is 11.9 Å². The standard InChI is InChI=1S/C16H12BrClN2S/c1-21-16-19-10-15(11-2-4-12(17)5-3-11)20(16)14-8-6-13(18)7-9-14/h2-10H,1H3. The van der Waals surface area contributed by atoms with Crippen LogP contribution in [0.4, 0.5) is 0 Å². The lowest BCUT2D eigenvalue weighted by atomic mass is 10.1. The second-order valence-corrected chi connectivity index (χ2v) is 6.57. The number of hydrogen-bond donors (Lipinski definition) is 0. The van der Waals surface area contributed by atoms with Crippen molar-refractivity contribution in [3.05, 3.63) is 64.2 Å². The summed E-state index contributed by atoms with van der Waals surface area (Å²) in [4.78, 5) is 4.51. The van der Waals surface area contributed by atoms with Gasteiger partial charge in [0, 0.05) is 20.7 Å².